The third kappa shape index (κ3) is 2.40. The summed E-state index contributed by atoms with van der Waals surface area (Å²) < 4.78 is 5.36. The quantitative estimate of drug-likeness (QED) is 0.842. The van der Waals surface area contributed by atoms with Crippen molar-refractivity contribution in [2.75, 3.05) is 13.7 Å². The highest BCUT2D eigenvalue weighted by molar-refractivity contribution is 5.87. The number of benzene rings is 2. The Hall–Kier alpha value is -1.58. The Bertz CT molecular complexity index is 511. The molecule has 0 fully saturated rings. The van der Waals surface area contributed by atoms with Gasteiger partial charge in [0.15, 0.2) is 0 Å². The van der Waals surface area contributed by atoms with Gasteiger partial charge in [0.25, 0.3) is 0 Å². The highest BCUT2D eigenvalue weighted by Crippen LogP contribution is 2.28. The molecule has 1 atom stereocenters. The van der Waals surface area contributed by atoms with Crippen LogP contribution in [0.5, 0.6) is 5.75 Å². The Morgan fingerprint density at radius 1 is 1.24 bits per heavy atom. The normalized spacial score (nSPS) is 12.6. The van der Waals surface area contributed by atoms with Gasteiger partial charge in [0, 0.05) is 11.6 Å². The van der Waals surface area contributed by atoms with Crippen molar-refractivity contribution in [2.24, 2.45) is 5.73 Å². The van der Waals surface area contributed by atoms with Crippen molar-refractivity contribution >= 4 is 10.8 Å². The Labute approximate surface area is 101 Å². The van der Waals surface area contributed by atoms with Crippen LogP contribution in [0.4, 0.5) is 0 Å². The molecule has 0 aliphatic heterocycles. The van der Waals surface area contributed by atoms with Gasteiger partial charge in [-0.25, -0.2) is 0 Å². The summed E-state index contributed by atoms with van der Waals surface area (Å²) in [7, 11) is 1.65. The lowest BCUT2D eigenvalue weighted by molar-refractivity contribution is 0.264. The fourth-order valence-electron chi connectivity index (χ4n) is 2.04. The molecule has 2 aromatic carbocycles. The van der Waals surface area contributed by atoms with Crippen LogP contribution in [0.1, 0.15) is 5.56 Å². The maximum atomic E-state index is 9.07. The molecular weight excluding hydrogens is 214 g/mol. The molecule has 90 valence electrons. The maximum Gasteiger partial charge on any atom is 0.122 e. The number of hydrogen-bond acceptors (Lipinski definition) is 3. The van der Waals surface area contributed by atoms with Crippen molar-refractivity contribution < 1.29 is 9.84 Å². The zero-order valence-electron chi connectivity index (χ0n) is 9.89. The number of hydrogen-bond donors (Lipinski definition) is 2. The second kappa shape index (κ2) is 5.17. The van der Waals surface area contributed by atoms with Crippen LogP contribution in [0, 0.1) is 0 Å². The number of aliphatic hydroxyl groups is 1. The number of rotatable bonds is 4. The first kappa shape index (κ1) is 11.9. The lowest BCUT2D eigenvalue weighted by atomic mass is 9.98. The predicted octanol–water partition coefficient (Wildman–Crippen LogP) is 1.71. The summed E-state index contributed by atoms with van der Waals surface area (Å²) in [5.74, 6) is 0.826. The van der Waals surface area contributed by atoms with Gasteiger partial charge in [-0.05, 0) is 23.3 Å². The smallest absolute Gasteiger partial charge is 0.122 e. The van der Waals surface area contributed by atoms with E-state index in [2.05, 4.69) is 12.1 Å². The van der Waals surface area contributed by atoms with Gasteiger partial charge in [-0.15, -0.1) is 0 Å². The topological polar surface area (TPSA) is 55.5 Å². The molecule has 0 aliphatic carbocycles. The average molecular weight is 231 g/mol. The predicted molar refractivity (Wildman–Crippen MR) is 69.3 cm³/mol. The standard InChI is InChI=1S/C14H17NO2/c1-17-14-7-6-10-4-2-3-5-12(10)13(14)8-11(15)9-16/h2-7,11,16H,8-9,15H2,1H3. The SMILES string of the molecule is COc1ccc2ccccc2c1CC(N)CO. The van der Waals surface area contributed by atoms with E-state index in [9.17, 15) is 0 Å². The summed E-state index contributed by atoms with van der Waals surface area (Å²) in [6.07, 6.45) is 0.612. The molecule has 3 nitrogen and oxygen atoms in total. The molecule has 3 N–H and O–H groups in total. The Morgan fingerprint density at radius 3 is 2.71 bits per heavy atom. The van der Waals surface area contributed by atoms with Gasteiger partial charge in [-0.1, -0.05) is 30.3 Å². The molecule has 0 amide bonds. The molecule has 0 saturated heterocycles. The molecule has 0 saturated carbocycles. The van der Waals surface area contributed by atoms with E-state index >= 15 is 0 Å². The minimum Gasteiger partial charge on any atom is -0.496 e. The first-order chi connectivity index (χ1) is 8.26. The van der Waals surface area contributed by atoms with Crippen LogP contribution in [0.2, 0.25) is 0 Å². The fraction of sp³-hybridized carbons (Fsp3) is 0.286. The third-order valence-electron chi connectivity index (χ3n) is 2.92. The van der Waals surface area contributed by atoms with Gasteiger partial charge in [0.1, 0.15) is 5.75 Å². The molecule has 2 rings (SSSR count). The Morgan fingerprint density at radius 2 is 2.00 bits per heavy atom. The molecule has 0 radical (unpaired) electrons. The van der Waals surface area contributed by atoms with Crippen LogP contribution in [-0.2, 0) is 6.42 Å². The van der Waals surface area contributed by atoms with Crippen molar-refractivity contribution in [2.45, 2.75) is 12.5 Å². The van der Waals surface area contributed by atoms with Crippen LogP contribution in [-0.4, -0.2) is 24.9 Å². The third-order valence-corrected chi connectivity index (χ3v) is 2.92. The monoisotopic (exact) mass is 231 g/mol. The van der Waals surface area contributed by atoms with Crippen molar-refractivity contribution in [3.05, 3.63) is 42.0 Å². The highest BCUT2D eigenvalue weighted by Gasteiger charge is 2.11. The van der Waals surface area contributed by atoms with E-state index in [-0.39, 0.29) is 12.6 Å². The van der Waals surface area contributed by atoms with Gasteiger partial charge in [0.05, 0.1) is 13.7 Å². The van der Waals surface area contributed by atoms with Gasteiger partial charge in [-0.3, -0.25) is 0 Å². The van der Waals surface area contributed by atoms with Gasteiger partial charge >= 0.3 is 0 Å². The summed E-state index contributed by atoms with van der Waals surface area (Å²) in [6, 6.07) is 11.8. The van der Waals surface area contributed by atoms with Crippen LogP contribution in [0.3, 0.4) is 0 Å². The van der Waals surface area contributed by atoms with E-state index in [4.69, 9.17) is 15.6 Å². The van der Waals surface area contributed by atoms with Crippen LogP contribution < -0.4 is 10.5 Å². The number of fused-ring (bicyclic) bond motifs is 1. The van der Waals surface area contributed by atoms with E-state index in [1.807, 2.05) is 24.3 Å². The minimum atomic E-state index is -0.255. The molecule has 0 aromatic heterocycles. The lowest BCUT2D eigenvalue weighted by Gasteiger charge is -2.15. The summed E-state index contributed by atoms with van der Waals surface area (Å²) >= 11 is 0. The van der Waals surface area contributed by atoms with Crippen molar-refractivity contribution in [1.82, 2.24) is 0 Å². The zero-order chi connectivity index (χ0) is 12.3. The van der Waals surface area contributed by atoms with Crippen LogP contribution in [0.15, 0.2) is 36.4 Å². The Kier molecular flexibility index (Phi) is 3.61. The highest BCUT2D eigenvalue weighted by atomic mass is 16.5. The summed E-state index contributed by atoms with van der Waals surface area (Å²) in [6.45, 7) is -0.0215. The molecule has 0 bridgehead atoms. The van der Waals surface area contributed by atoms with E-state index < -0.39 is 0 Å². The summed E-state index contributed by atoms with van der Waals surface area (Å²) in [4.78, 5) is 0. The molecule has 0 heterocycles. The van der Waals surface area contributed by atoms with E-state index in [1.165, 1.54) is 0 Å². The average Bonchev–Trinajstić information content (AvgIpc) is 2.39. The number of methoxy groups -OCH3 is 1. The second-order valence-electron chi connectivity index (χ2n) is 4.11. The molecule has 0 spiro atoms. The second-order valence-corrected chi connectivity index (χ2v) is 4.11. The summed E-state index contributed by atoms with van der Waals surface area (Å²) in [5.41, 5.74) is 6.88. The fourth-order valence-corrected chi connectivity index (χ4v) is 2.04. The zero-order valence-corrected chi connectivity index (χ0v) is 9.89. The Balaban J connectivity index is 2.54. The molecule has 1 unspecified atom stereocenters. The van der Waals surface area contributed by atoms with Crippen molar-refractivity contribution in [1.29, 1.82) is 0 Å². The number of nitrogens with two attached hydrogens (primary N) is 1. The van der Waals surface area contributed by atoms with Crippen molar-refractivity contribution in [3.63, 3.8) is 0 Å². The minimum absolute atomic E-state index is 0.0215. The lowest BCUT2D eigenvalue weighted by Crippen LogP contribution is -2.27. The maximum absolute atomic E-state index is 9.07. The van der Waals surface area contributed by atoms with Gasteiger partial charge in [0.2, 0.25) is 0 Å². The van der Waals surface area contributed by atoms with Crippen LogP contribution in [0.25, 0.3) is 10.8 Å². The molecule has 0 aliphatic rings. The number of ether oxygens (including phenoxy) is 1. The molecule has 17 heavy (non-hydrogen) atoms. The largest absolute Gasteiger partial charge is 0.496 e. The number of aliphatic hydroxyl groups excluding tert-OH is 1. The molecule has 3 heteroatoms. The summed E-state index contributed by atoms with van der Waals surface area (Å²) in [5, 5.41) is 11.4. The van der Waals surface area contributed by atoms with E-state index in [0.29, 0.717) is 6.42 Å². The van der Waals surface area contributed by atoms with E-state index in [1.54, 1.807) is 7.11 Å². The first-order valence-electron chi connectivity index (χ1n) is 5.67. The van der Waals surface area contributed by atoms with Crippen molar-refractivity contribution in [3.8, 4) is 5.75 Å². The molecular formula is C14H17NO2. The van der Waals surface area contributed by atoms with E-state index in [0.717, 1.165) is 22.1 Å². The van der Waals surface area contributed by atoms with Gasteiger partial charge < -0.3 is 15.6 Å². The first-order valence-corrected chi connectivity index (χ1v) is 5.67. The van der Waals surface area contributed by atoms with Crippen LogP contribution >= 0.6 is 0 Å². The van der Waals surface area contributed by atoms with Gasteiger partial charge in [-0.2, -0.15) is 0 Å². The molecule has 2 aromatic rings.